The van der Waals surface area contributed by atoms with Crippen molar-refractivity contribution in [3.63, 3.8) is 0 Å². The average molecular weight is 244 g/mol. The third-order valence-corrected chi connectivity index (χ3v) is 2.16. The van der Waals surface area contributed by atoms with E-state index < -0.39 is 0 Å². The van der Waals surface area contributed by atoms with Gasteiger partial charge in [-0.2, -0.15) is 20.1 Å². The van der Waals surface area contributed by atoms with Crippen LogP contribution >= 0.6 is 23.2 Å². The Morgan fingerprint density at radius 2 is 1.87 bits per heavy atom. The zero-order valence-electron chi connectivity index (χ0n) is 7.85. The Morgan fingerprint density at radius 3 is 2.40 bits per heavy atom. The zero-order valence-corrected chi connectivity index (χ0v) is 9.37. The molecule has 2 rings (SSSR count). The molecule has 0 N–H and O–H groups in total. The summed E-state index contributed by atoms with van der Waals surface area (Å²) in [4.78, 5) is 11.5. The fourth-order valence-corrected chi connectivity index (χ4v) is 1.43. The maximum atomic E-state index is 5.65. The van der Waals surface area contributed by atoms with Gasteiger partial charge in [-0.05, 0) is 35.2 Å². The molecule has 78 valence electrons. The molecule has 7 heteroatoms. The molecule has 0 amide bonds. The number of nitrogens with zero attached hydrogens (tertiary/aromatic N) is 5. The van der Waals surface area contributed by atoms with Gasteiger partial charge < -0.3 is 0 Å². The standard InChI is InChI=1S/C8H7Cl2N5/c1-2-5-3-11-15(4-5)8-13-6(9)12-7(10)14-8/h3-4H,2H2,1H3. The SMILES string of the molecule is CCc1cnn(-c2nc(Cl)nc(Cl)n2)c1. The van der Waals surface area contributed by atoms with E-state index in [1.807, 2.05) is 13.1 Å². The van der Waals surface area contributed by atoms with Crippen molar-refractivity contribution in [3.05, 3.63) is 28.5 Å². The molecule has 15 heavy (non-hydrogen) atoms. The summed E-state index contributed by atoms with van der Waals surface area (Å²) in [5.74, 6) is 0.319. The van der Waals surface area contributed by atoms with Crippen LogP contribution < -0.4 is 0 Å². The van der Waals surface area contributed by atoms with Crippen LogP contribution in [0.4, 0.5) is 0 Å². The summed E-state index contributed by atoms with van der Waals surface area (Å²) in [6.45, 7) is 2.04. The van der Waals surface area contributed by atoms with Crippen molar-refractivity contribution >= 4 is 23.2 Å². The fraction of sp³-hybridized carbons (Fsp3) is 0.250. The lowest BCUT2D eigenvalue weighted by atomic mass is 10.3. The van der Waals surface area contributed by atoms with Crippen LogP contribution in [-0.4, -0.2) is 24.7 Å². The number of rotatable bonds is 2. The van der Waals surface area contributed by atoms with E-state index in [0.717, 1.165) is 12.0 Å². The maximum Gasteiger partial charge on any atom is 0.256 e. The number of hydrogen-bond acceptors (Lipinski definition) is 4. The quantitative estimate of drug-likeness (QED) is 0.809. The van der Waals surface area contributed by atoms with E-state index in [9.17, 15) is 0 Å². The Balaban J connectivity index is 2.44. The van der Waals surface area contributed by atoms with E-state index in [1.165, 1.54) is 4.68 Å². The topological polar surface area (TPSA) is 56.5 Å². The minimum atomic E-state index is 0.0542. The molecule has 0 radical (unpaired) electrons. The van der Waals surface area contributed by atoms with Crippen LogP contribution in [0.2, 0.25) is 10.6 Å². The van der Waals surface area contributed by atoms with E-state index in [-0.39, 0.29) is 10.6 Å². The van der Waals surface area contributed by atoms with Gasteiger partial charge >= 0.3 is 0 Å². The van der Waals surface area contributed by atoms with Crippen LogP contribution in [0.15, 0.2) is 12.4 Å². The van der Waals surface area contributed by atoms with Crippen molar-refractivity contribution in [1.29, 1.82) is 0 Å². The molecule has 2 aromatic heterocycles. The molecule has 0 unspecified atom stereocenters. The fourth-order valence-electron chi connectivity index (χ4n) is 1.07. The molecule has 2 aromatic rings. The van der Waals surface area contributed by atoms with Crippen molar-refractivity contribution in [1.82, 2.24) is 24.7 Å². The second kappa shape index (κ2) is 4.12. The van der Waals surface area contributed by atoms with E-state index in [4.69, 9.17) is 23.2 Å². The van der Waals surface area contributed by atoms with E-state index in [2.05, 4.69) is 20.1 Å². The Labute approximate surface area is 96.1 Å². The van der Waals surface area contributed by atoms with Gasteiger partial charge in [0.15, 0.2) is 0 Å². The maximum absolute atomic E-state index is 5.65. The highest BCUT2D eigenvalue weighted by molar-refractivity contribution is 6.31. The van der Waals surface area contributed by atoms with Crippen LogP contribution in [0.25, 0.3) is 5.95 Å². The molecule has 0 aromatic carbocycles. The first-order valence-electron chi connectivity index (χ1n) is 4.30. The van der Waals surface area contributed by atoms with E-state index in [0.29, 0.717) is 5.95 Å². The molecule has 0 saturated heterocycles. The highest BCUT2D eigenvalue weighted by Crippen LogP contribution is 2.10. The molecular formula is C8H7Cl2N5. The van der Waals surface area contributed by atoms with Crippen molar-refractivity contribution < 1.29 is 0 Å². The van der Waals surface area contributed by atoms with Crippen LogP contribution in [0, 0.1) is 0 Å². The average Bonchev–Trinajstić information content (AvgIpc) is 2.64. The van der Waals surface area contributed by atoms with Crippen molar-refractivity contribution in [2.24, 2.45) is 0 Å². The summed E-state index contributed by atoms with van der Waals surface area (Å²) in [5, 5.41) is 4.19. The number of hydrogen-bond donors (Lipinski definition) is 0. The van der Waals surface area contributed by atoms with Gasteiger partial charge in [-0.1, -0.05) is 6.92 Å². The summed E-state index contributed by atoms with van der Waals surface area (Å²) in [7, 11) is 0. The zero-order chi connectivity index (χ0) is 10.8. The minimum Gasteiger partial charge on any atom is -0.206 e. The smallest absolute Gasteiger partial charge is 0.206 e. The largest absolute Gasteiger partial charge is 0.256 e. The van der Waals surface area contributed by atoms with Crippen LogP contribution in [-0.2, 0) is 6.42 Å². The summed E-state index contributed by atoms with van der Waals surface area (Å²) < 4.78 is 1.51. The third-order valence-electron chi connectivity index (χ3n) is 1.82. The number of aromatic nitrogens is 5. The van der Waals surface area contributed by atoms with Gasteiger partial charge in [-0.25, -0.2) is 4.68 Å². The lowest BCUT2D eigenvalue weighted by molar-refractivity contribution is 0.794. The third kappa shape index (κ3) is 2.24. The molecule has 0 aliphatic heterocycles. The van der Waals surface area contributed by atoms with Gasteiger partial charge in [-0.3, -0.25) is 0 Å². The lowest BCUT2D eigenvalue weighted by Gasteiger charge is -1.98. The Hall–Kier alpha value is -1.20. The minimum absolute atomic E-state index is 0.0542. The predicted molar refractivity (Wildman–Crippen MR) is 56.3 cm³/mol. The normalized spacial score (nSPS) is 10.6. The summed E-state index contributed by atoms with van der Waals surface area (Å²) in [6, 6.07) is 0. The number of halogens is 2. The number of aryl methyl sites for hydroxylation is 1. The van der Waals surface area contributed by atoms with Crippen LogP contribution in [0.3, 0.4) is 0 Å². The molecule has 0 aliphatic carbocycles. The summed E-state index contributed by atoms with van der Waals surface area (Å²) in [5.41, 5.74) is 1.09. The van der Waals surface area contributed by atoms with Gasteiger partial charge in [0.2, 0.25) is 10.6 Å². The van der Waals surface area contributed by atoms with E-state index in [1.54, 1.807) is 6.20 Å². The van der Waals surface area contributed by atoms with Gasteiger partial charge in [0.05, 0.1) is 6.20 Å². The van der Waals surface area contributed by atoms with Crippen molar-refractivity contribution in [2.75, 3.05) is 0 Å². The Bertz CT molecular complexity index is 461. The molecule has 0 fully saturated rings. The van der Waals surface area contributed by atoms with Gasteiger partial charge in [0.25, 0.3) is 5.95 Å². The molecule has 2 heterocycles. The van der Waals surface area contributed by atoms with Crippen LogP contribution in [0.1, 0.15) is 12.5 Å². The van der Waals surface area contributed by atoms with E-state index >= 15 is 0 Å². The molecule has 0 aliphatic rings. The first kappa shape index (κ1) is 10.3. The van der Waals surface area contributed by atoms with Crippen LogP contribution in [0.5, 0.6) is 0 Å². The Morgan fingerprint density at radius 1 is 1.20 bits per heavy atom. The lowest BCUT2D eigenvalue weighted by Crippen LogP contribution is -2.03. The predicted octanol–water partition coefficient (Wildman–Crippen LogP) is 1.93. The highest BCUT2D eigenvalue weighted by Gasteiger charge is 2.06. The molecule has 0 spiro atoms. The van der Waals surface area contributed by atoms with Crippen molar-refractivity contribution in [3.8, 4) is 5.95 Å². The molecular weight excluding hydrogens is 237 g/mol. The molecule has 0 saturated carbocycles. The monoisotopic (exact) mass is 243 g/mol. The Kier molecular flexibility index (Phi) is 2.83. The highest BCUT2D eigenvalue weighted by atomic mass is 35.5. The first-order chi connectivity index (χ1) is 7.19. The van der Waals surface area contributed by atoms with Gasteiger partial charge in [0, 0.05) is 6.20 Å². The second-order valence-corrected chi connectivity index (χ2v) is 3.50. The van der Waals surface area contributed by atoms with Gasteiger partial charge in [-0.15, -0.1) is 0 Å². The summed E-state index contributed by atoms with van der Waals surface area (Å²) in [6.07, 6.45) is 4.46. The summed E-state index contributed by atoms with van der Waals surface area (Å²) >= 11 is 11.3. The molecule has 0 bridgehead atoms. The first-order valence-corrected chi connectivity index (χ1v) is 5.05. The molecule has 5 nitrogen and oxygen atoms in total. The molecule has 0 atom stereocenters. The van der Waals surface area contributed by atoms with Crippen molar-refractivity contribution in [2.45, 2.75) is 13.3 Å². The van der Waals surface area contributed by atoms with Gasteiger partial charge in [0.1, 0.15) is 0 Å². The second-order valence-electron chi connectivity index (χ2n) is 2.82.